The van der Waals surface area contributed by atoms with Crippen LogP contribution in [0.1, 0.15) is 5.56 Å². The molecule has 5 heteroatoms. The van der Waals surface area contributed by atoms with Crippen molar-refractivity contribution in [3.8, 4) is 11.5 Å². The van der Waals surface area contributed by atoms with Gasteiger partial charge in [0, 0.05) is 12.1 Å². The van der Waals surface area contributed by atoms with Crippen molar-refractivity contribution in [2.75, 3.05) is 13.2 Å². The Kier molecular flexibility index (Phi) is 4.22. The molecule has 0 spiro atoms. The molecule has 4 aromatic rings. The Labute approximate surface area is 161 Å². The summed E-state index contributed by atoms with van der Waals surface area (Å²) in [6.07, 6.45) is 0.132. The van der Waals surface area contributed by atoms with Crippen molar-refractivity contribution < 1.29 is 18.6 Å². The maximum absolute atomic E-state index is 13.1. The van der Waals surface area contributed by atoms with Gasteiger partial charge in [0.2, 0.25) is 5.43 Å². The third-order valence-electron chi connectivity index (χ3n) is 4.69. The van der Waals surface area contributed by atoms with Crippen LogP contribution >= 0.6 is 0 Å². The number of rotatable bonds is 6. The highest BCUT2D eigenvalue weighted by molar-refractivity contribution is 5.93. The van der Waals surface area contributed by atoms with Gasteiger partial charge in [-0.25, -0.2) is 0 Å². The second-order valence-electron chi connectivity index (χ2n) is 6.76. The first kappa shape index (κ1) is 16.8. The lowest BCUT2D eigenvalue weighted by atomic mass is 10.1. The predicted octanol–water partition coefficient (Wildman–Crippen LogP) is 4.30. The van der Waals surface area contributed by atoms with Crippen LogP contribution in [0, 0.1) is 0 Å². The summed E-state index contributed by atoms with van der Waals surface area (Å²) in [5.41, 5.74) is 1.88. The van der Waals surface area contributed by atoms with E-state index in [4.69, 9.17) is 18.6 Å². The van der Waals surface area contributed by atoms with E-state index in [2.05, 4.69) is 0 Å². The van der Waals surface area contributed by atoms with Crippen LogP contribution < -0.4 is 14.9 Å². The normalized spacial score (nSPS) is 15.6. The fourth-order valence-corrected chi connectivity index (χ4v) is 3.15. The Hall–Kier alpha value is -3.31. The molecule has 1 fully saturated rings. The second-order valence-corrected chi connectivity index (χ2v) is 6.76. The van der Waals surface area contributed by atoms with Gasteiger partial charge in [0.15, 0.2) is 0 Å². The Morgan fingerprint density at radius 2 is 1.71 bits per heavy atom. The first-order valence-corrected chi connectivity index (χ1v) is 9.19. The number of hydrogen-bond acceptors (Lipinski definition) is 5. The van der Waals surface area contributed by atoms with Crippen LogP contribution in [0.2, 0.25) is 0 Å². The molecule has 0 saturated carbocycles. The summed E-state index contributed by atoms with van der Waals surface area (Å²) in [6.45, 7) is 1.52. The van der Waals surface area contributed by atoms with Crippen LogP contribution in [-0.4, -0.2) is 19.3 Å². The van der Waals surface area contributed by atoms with Crippen LogP contribution in [0.5, 0.6) is 11.5 Å². The zero-order valence-electron chi connectivity index (χ0n) is 15.1. The zero-order chi connectivity index (χ0) is 18.9. The van der Waals surface area contributed by atoms with Crippen molar-refractivity contribution in [3.63, 3.8) is 0 Å². The van der Waals surface area contributed by atoms with Crippen LogP contribution in [0.4, 0.5) is 0 Å². The Morgan fingerprint density at radius 1 is 0.929 bits per heavy atom. The molecule has 140 valence electrons. The number of fused-ring (bicyclic) bond motifs is 2. The quantitative estimate of drug-likeness (QED) is 0.372. The molecule has 1 atom stereocenters. The average Bonchev–Trinajstić information content (AvgIpc) is 3.56. The summed E-state index contributed by atoms with van der Waals surface area (Å²) in [6, 6.07) is 20.5. The molecule has 1 saturated heterocycles. The van der Waals surface area contributed by atoms with Gasteiger partial charge in [0.25, 0.3) is 0 Å². The first-order valence-electron chi connectivity index (χ1n) is 9.19. The first-order chi connectivity index (χ1) is 13.8. The zero-order valence-corrected chi connectivity index (χ0v) is 15.1. The lowest BCUT2D eigenvalue weighted by Gasteiger charge is -2.12. The van der Waals surface area contributed by atoms with Gasteiger partial charge >= 0.3 is 0 Å². The highest BCUT2D eigenvalue weighted by Gasteiger charge is 2.23. The molecule has 1 aliphatic heterocycles. The molecule has 0 aliphatic carbocycles. The van der Waals surface area contributed by atoms with Gasteiger partial charge in [0.1, 0.15) is 47.4 Å². The number of hydrogen-bond donors (Lipinski definition) is 0. The van der Waals surface area contributed by atoms with E-state index in [1.54, 1.807) is 24.3 Å². The van der Waals surface area contributed by atoms with E-state index < -0.39 is 0 Å². The minimum absolute atomic E-state index is 0.114. The summed E-state index contributed by atoms with van der Waals surface area (Å²) in [5.74, 6) is 1.04. The summed E-state index contributed by atoms with van der Waals surface area (Å²) in [4.78, 5) is 13.1. The maximum Gasteiger partial charge on any atom is 0.204 e. The van der Waals surface area contributed by atoms with Crippen molar-refractivity contribution >= 4 is 21.9 Å². The molecule has 1 unspecified atom stereocenters. The van der Waals surface area contributed by atoms with E-state index in [9.17, 15) is 4.79 Å². The molecule has 2 heterocycles. The molecule has 0 N–H and O–H groups in total. The highest BCUT2D eigenvalue weighted by atomic mass is 16.6. The number of para-hydroxylation sites is 1. The van der Waals surface area contributed by atoms with E-state index >= 15 is 0 Å². The maximum atomic E-state index is 13.1. The van der Waals surface area contributed by atoms with Gasteiger partial charge in [-0.1, -0.05) is 42.5 Å². The minimum atomic E-state index is -0.114. The predicted molar refractivity (Wildman–Crippen MR) is 106 cm³/mol. The monoisotopic (exact) mass is 374 g/mol. The molecule has 5 nitrogen and oxygen atoms in total. The Morgan fingerprint density at radius 3 is 2.54 bits per heavy atom. The van der Waals surface area contributed by atoms with Crippen LogP contribution in [0.25, 0.3) is 21.9 Å². The summed E-state index contributed by atoms with van der Waals surface area (Å²) in [5, 5.41) is 0.948. The van der Waals surface area contributed by atoms with E-state index in [1.165, 1.54) is 0 Å². The third-order valence-corrected chi connectivity index (χ3v) is 4.69. The van der Waals surface area contributed by atoms with Gasteiger partial charge in [-0.05, 0) is 17.7 Å². The Balaban J connectivity index is 1.60. The lowest BCUT2D eigenvalue weighted by molar-refractivity contribution is 0.260. The lowest BCUT2D eigenvalue weighted by Crippen LogP contribution is -2.08. The smallest absolute Gasteiger partial charge is 0.204 e. The second kappa shape index (κ2) is 7.02. The highest BCUT2D eigenvalue weighted by Crippen LogP contribution is 2.32. The standard InChI is InChI=1S/C23H18O5/c24-23-18-8-4-5-9-19(18)28-21-11-16(25-13-17-14-26-17)10-20(22(21)23)27-12-15-6-2-1-3-7-15/h1-11,17H,12-14H2. The molecule has 1 aliphatic rings. The van der Waals surface area contributed by atoms with Gasteiger partial charge in [-0.2, -0.15) is 0 Å². The van der Waals surface area contributed by atoms with Gasteiger partial charge < -0.3 is 18.6 Å². The van der Waals surface area contributed by atoms with Crippen molar-refractivity contribution in [2.24, 2.45) is 0 Å². The average molecular weight is 374 g/mol. The number of ether oxygens (including phenoxy) is 3. The molecular weight excluding hydrogens is 356 g/mol. The molecular formula is C23H18O5. The van der Waals surface area contributed by atoms with E-state index in [1.807, 2.05) is 42.5 Å². The molecule has 0 radical (unpaired) electrons. The SMILES string of the molecule is O=c1c2ccccc2oc2cc(OCC3CO3)cc(OCc3ccccc3)c12. The van der Waals surface area contributed by atoms with Crippen molar-refractivity contribution in [1.82, 2.24) is 0 Å². The molecule has 0 amide bonds. The summed E-state index contributed by atoms with van der Waals surface area (Å²) >= 11 is 0. The van der Waals surface area contributed by atoms with Crippen LogP contribution in [0.15, 0.2) is 75.9 Å². The van der Waals surface area contributed by atoms with E-state index in [-0.39, 0.29) is 11.5 Å². The molecule has 1 aromatic heterocycles. The molecule has 3 aromatic carbocycles. The largest absolute Gasteiger partial charge is 0.491 e. The minimum Gasteiger partial charge on any atom is -0.491 e. The molecule has 5 rings (SSSR count). The van der Waals surface area contributed by atoms with Gasteiger partial charge in [-0.3, -0.25) is 4.79 Å². The van der Waals surface area contributed by atoms with E-state index in [0.29, 0.717) is 53.3 Å². The van der Waals surface area contributed by atoms with Gasteiger partial charge in [-0.15, -0.1) is 0 Å². The van der Waals surface area contributed by atoms with Crippen LogP contribution in [0.3, 0.4) is 0 Å². The summed E-state index contributed by atoms with van der Waals surface area (Å²) < 4.78 is 23.0. The molecule has 28 heavy (non-hydrogen) atoms. The van der Waals surface area contributed by atoms with E-state index in [0.717, 1.165) is 5.56 Å². The fraction of sp³-hybridized carbons (Fsp3) is 0.174. The topological polar surface area (TPSA) is 61.2 Å². The van der Waals surface area contributed by atoms with Gasteiger partial charge in [0.05, 0.1) is 12.0 Å². The van der Waals surface area contributed by atoms with Crippen molar-refractivity contribution in [1.29, 1.82) is 0 Å². The summed E-state index contributed by atoms with van der Waals surface area (Å²) in [7, 11) is 0. The molecule has 0 bridgehead atoms. The third kappa shape index (κ3) is 3.32. The Bertz CT molecular complexity index is 1190. The van der Waals surface area contributed by atoms with Crippen molar-refractivity contribution in [2.45, 2.75) is 12.7 Å². The number of epoxide rings is 1. The van der Waals surface area contributed by atoms with Crippen LogP contribution in [-0.2, 0) is 11.3 Å². The fourth-order valence-electron chi connectivity index (χ4n) is 3.15. The van der Waals surface area contributed by atoms with Crippen molar-refractivity contribution in [3.05, 3.63) is 82.5 Å². The number of benzene rings is 3.